The number of amides is 3. The van der Waals surface area contributed by atoms with E-state index in [4.69, 9.17) is 15.0 Å². The Labute approximate surface area is 725 Å². The first-order chi connectivity index (χ1) is 48.2. The van der Waals surface area contributed by atoms with E-state index in [-0.39, 0.29) is 173 Å². The minimum atomic E-state index is -3.74. The molecule has 6 aliphatic rings. The number of hydrogen-bond donors (Lipinski definition) is 4. The Bertz CT molecular complexity index is 4700. The van der Waals surface area contributed by atoms with Crippen LogP contribution in [0.15, 0.2) is 173 Å². The number of carbonyl (C=O) groups excluding carboxylic acids is 4. The summed E-state index contributed by atoms with van der Waals surface area (Å²) in [6.45, 7) is 11.6. The Hall–Kier alpha value is -4.19. The van der Waals surface area contributed by atoms with Crippen LogP contribution in [0, 0.1) is 23.2 Å². The largest absolute Gasteiger partial charge is 1.00 e. The molecular formula is C76H84BrCs2N11O8S3. The SMILES string of the molecule is Brc1nc2ccccc2s1.Cc1ccc(S(=O)(=O)n2cc(CN3CCCC4(CCNCC4)C3=O)c3ccccc32)cc1.O=C1N(Cc2c[nH]c3ccccc23)CCCC12CCN(c1nc3ccccc3s1)CC2.O=C1N(Cc2c[nH]c3ccccc23)CCCC12CCNCC2.O=CO[O-].[Cs+].[Cs+].[H-]. The number of hydrogen-bond acceptors (Lipinski definition) is 15. The molecule has 101 heavy (non-hydrogen) atoms. The molecule has 518 valence electrons. The van der Waals surface area contributed by atoms with Gasteiger partial charge in [-0.3, -0.25) is 19.2 Å². The van der Waals surface area contributed by atoms with Gasteiger partial charge in [0.15, 0.2) is 9.05 Å². The van der Waals surface area contributed by atoms with Crippen molar-refractivity contribution in [1.82, 2.24) is 49.2 Å². The quantitative estimate of drug-likeness (QED) is 0.0607. The van der Waals surface area contributed by atoms with Crippen molar-refractivity contribution in [3.8, 4) is 0 Å². The summed E-state index contributed by atoms with van der Waals surface area (Å²) < 4.78 is 31.7. The molecule has 0 unspecified atom stereocenters. The number of aromatic nitrogens is 5. The molecule has 0 saturated carbocycles. The minimum absolute atomic E-state index is 0. The predicted molar refractivity (Wildman–Crippen MR) is 394 cm³/mol. The second kappa shape index (κ2) is 35.5. The zero-order valence-corrected chi connectivity index (χ0v) is 74.2. The van der Waals surface area contributed by atoms with Crippen LogP contribution >= 0.6 is 38.6 Å². The molecule has 4 N–H and O–H groups in total. The molecule has 0 radical (unpaired) electrons. The zero-order chi connectivity index (χ0) is 68.6. The molecule has 25 heteroatoms. The standard InChI is InChI=1S/C25H26N4OS.C25H29N3O3S.C18H23N3O.C7H4BrNS.CH2O3.2Cs.H/c30-23-25(10-5-13-29(23)17-18-16-26-20-7-2-1-6-19(18)20)11-14-28(15-12-25)24-27-21-8-3-4-9-22(21)31-24;1-19-7-9-21(10-8-19)32(30,31)28-18-20(22-5-2-3-6-23(22)28)17-27-16-4-11-25(24(27)29)12-14-26-15-13-25;22-17-18(7-9-19-10-8-18)6-3-11-21(17)13-14-12-20-16-5-2-1-4-15(14)16;8-7-9-5-3-1-2-4-6(5)10-7;2-1-4-3;;;/h1-4,6-9,16,26H,5,10-15,17H2;2-3,5-10,18,26H,4,11-17H2,1H3;1-2,4-5,12,19-20H,3,6-11,13H2;1-4H;1,3H;;;/q;;;;;2*+1;-1/p-1. The van der Waals surface area contributed by atoms with Crippen LogP contribution in [0.25, 0.3) is 53.1 Å². The second-order valence-electron chi connectivity index (χ2n) is 26.9. The van der Waals surface area contributed by atoms with Crippen LogP contribution in [0.5, 0.6) is 0 Å². The normalized spacial score (nSPS) is 17.8. The number of thiazole rings is 2. The molecule has 6 saturated heterocycles. The van der Waals surface area contributed by atoms with E-state index in [1.54, 1.807) is 41.0 Å². The number of rotatable bonds is 10. The van der Waals surface area contributed by atoms with Gasteiger partial charge in [-0.1, -0.05) is 108 Å². The summed E-state index contributed by atoms with van der Waals surface area (Å²) in [4.78, 5) is 75.9. The number of fused-ring (bicyclic) bond motifs is 5. The maximum atomic E-state index is 13.6. The van der Waals surface area contributed by atoms with E-state index in [1.807, 2.05) is 84.6 Å². The number of nitrogens with zero attached hydrogens (tertiary/aromatic N) is 7. The van der Waals surface area contributed by atoms with Gasteiger partial charge in [-0.25, -0.2) is 22.4 Å². The summed E-state index contributed by atoms with van der Waals surface area (Å²) in [6, 6.07) is 47.5. The van der Waals surface area contributed by atoms with Crippen molar-refractivity contribution < 1.29 is 177 Å². The fourth-order valence-electron chi connectivity index (χ4n) is 15.6. The number of benzene rings is 6. The molecule has 6 fully saturated rings. The maximum Gasteiger partial charge on any atom is 1.00 e. The zero-order valence-electron chi connectivity index (χ0n) is 58.6. The summed E-state index contributed by atoms with van der Waals surface area (Å²) >= 11 is 6.75. The van der Waals surface area contributed by atoms with Crippen LogP contribution in [-0.4, -0.2) is 130 Å². The van der Waals surface area contributed by atoms with Gasteiger partial charge in [0.1, 0.15) is 0 Å². The van der Waals surface area contributed by atoms with E-state index in [9.17, 15) is 22.8 Å². The van der Waals surface area contributed by atoms with Crippen LogP contribution in [0.2, 0.25) is 0 Å². The number of likely N-dealkylation sites (tertiary alicyclic amines) is 3. The average Bonchev–Trinajstić information content (AvgIpc) is 1.53. The predicted octanol–water partition coefficient (Wildman–Crippen LogP) is 7.14. The van der Waals surface area contributed by atoms with Crippen LogP contribution in [0.4, 0.5) is 5.13 Å². The summed E-state index contributed by atoms with van der Waals surface area (Å²) in [5, 5.41) is 19.6. The van der Waals surface area contributed by atoms with Gasteiger partial charge in [-0.05, 0) is 197 Å². The minimum Gasteiger partial charge on any atom is -1.00 e. The third kappa shape index (κ3) is 17.6. The first-order valence-corrected chi connectivity index (χ1v) is 38.2. The molecule has 3 amide bonds. The number of para-hydroxylation sites is 5. The summed E-state index contributed by atoms with van der Waals surface area (Å²) in [7, 11) is -3.74. The molecule has 5 aromatic heterocycles. The van der Waals surface area contributed by atoms with E-state index in [0.29, 0.717) is 30.4 Å². The van der Waals surface area contributed by atoms with Crippen molar-refractivity contribution in [2.24, 2.45) is 16.2 Å². The maximum absolute atomic E-state index is 13.6. The fraction of sp³-hybridized carbons (Fsp3) is 0.368. The third-order valence-corrected chi connectivity index (χ3v) is 25.2. The van der Waals surface area contributed by atoms with Crippen LogP contribution in [0.1, 0.15) is 101 Å². The van der Waals surface area contributed by atoms with Crippen LogP contribution in [-0.2, 0) is 53.7 Å². The molecule has 0 bridgehead atoms. The van der Waals surface area contributed by atoms with Gasteiger partial charge >= 0.3 is 138 Å². The van der Waals surface area contributed by atoms with E-state index >= 15 is 0 Å². The van der Waals surface area contributed by atoms with Crippen molar-refractivity contribution in [3.05, 3.63) is 190 Å². The first kappa shape index (κ1) is 77.9. The molecule has 17 rings (SSSR count). The van der Waals surface area contributed by atoms with Crippen molar-refractivity contribution in [3.63, 3.8) is 0 Å². The van der Waals surface area contributed by atoms with Crippen LogP contribution < -0.4 is 159 Å². The Kier molecular flexibility index (Phi) is 27.4. The van der Waals surface area contributed by atoms with Gasteiger partial charge in [-0.15, -0.1) is 11.3 Å². The second-order valence-corrected chi connectivity index (χ2v) is 32.0. The van der Waals surface area contributed by atoms with E-state index in [1.165, 1.54) is 35.3 Å². The van der Waals surface area contributed by atoms with Gasteiger partial charge in [-0.2, -0.15) is 0 Å². The Morgan fingerprint density at radius 1 is 0.545 bits per heavy atom. The van der Waals surface area contributed by atoms with Gasteiger partial charge in [0.05, 0.1) is 47.1 Å². The van der Waals surface area contributed by atoms with Crippen molar-refractivity contribution in [2.75, 3.05) is 63.8 Å². The molecular weight excluding hydrogens is 1640 g/mol. The first-order valence-electron chi connectivity index (χ1n) is 34.3. The molecule has 0 aliphatic carbocycles. The number of carbonyl (C=O) groups is 4. The summed E-state index contributed by atoms with van der Waals surface area (Å²) in [5.41, 5.74) is 8.86. The monoisotopic (exact) mass is 1720 g/mol. The summed E-state index contributed by atoms with van der Waals surface area (Å²) in [6.07, 6.45) is 17.7. The average molecular weight is 1720 g/mol. The molecule has 6 aromatic carbocycles. The number of halogens is 1. The van der Waals surface area contributed by atoms with E-state index in [2.05, 4.69) is 134 Å². The molecule has 11 heterocycles. The van der Waals surface area contributed by atoms with Crippen molar-refractivity contribution >= 4 is 131 Å². The number of nitrogens with one attached hydrogen (secondary N) is 4. The Balaban J connectivity index is 0.000000150. The molecule has 11 aromatic rings. The van der Waals surface area contributed by atoms with Crippen LogP contribution in [0.3, 0.4) is 0 Å². The number of H-pyrrole nitrogens is 2. The van der Waals surface area contributed by atoms with E-state index in [0.717, 1.165) is 190 Å². The van der Waals surface area contributed by atoms with Gasteiger partial charge in [0, 0.05) is 98.1 Å². The molecule has 3 spiro atoms. The molecule has 19 nitrogen and oxygen atoms in total. The topological polar surface area (TPSA) is 234 Å². The van der Waals surface area contributed by atoms with E-state index < -0.39 is 10.0 Å². The van der Waals surface area contributed by atoms with Crippen molar-refractivity contribution in [2.45, 2.75) is 109 Å². The van der Waals surface area contributed by atoms with Crippen molar-refractivity contribution in [1.29, 1.82) is 0 Å². The molecule has 0 atom stereocenters. The van der Waals surface area contributed by atoms with Gasteiger partial charge in [0.25, 0.3) is 16.5 Å². The molecule has 6 aliphatic heterocycles. The number of aryl methyl sites for hydroxylation is 1. The Morgan fingerprint density at radius 3 is 1.46 bits per heavy atom. The van der Waals surface area contributed by atoms with Gasteiger partial charge < -0.3 is 51.8 Å². The smallest absolute Gasteiger partial charge is 1.00 e. The fourth-order valence-corrected chi connectivity index (χ4v) is 19.4. The van der Waals surface area contributed by atoms with Gasteiger partial charge in [0.2, 0.25) is 17.7 Å². The Morgan fingerprint density at radius 2 is 0.970 bits per heavy atom. The number of anilines is 1. The summed E-state index contributed by atoms with van der Waals surface area (Å²) in [5.74, 6) is 0.960. The number of piperidine rings is 6. The third-order valence-electron chi connectivity index (χ3n) is 20.9. The number of aromatic amines is 2.